The van der Waals surface area contributed by atoms with Gasteiger partial charge in [-0.05, 0) is 38.3 Å². The highest BCUT2D eigenvalue weighted by Gasteiger charge is 2.28. The lowest BCUT2D eigenvalue weighted by molar-refractivity contribution is -0.131. The van der Waals surface area contributed by atoms with E-state index in [-0.39, 0.29) is 17.9 Å². The number of carbonyl (C=O) groups is 2. The van der Waals surface area contributed by atoms with Crippen LogP contribution in [0.5, 0.6) is 0 Å². The molecular formula is C13H23N3O2. The molecule has 0 bridgehead atoms. The Bertz CT molecular complexity index is 313. The quantitative estimate of drug-likeness (QED) is 0.750. The van der Waals surface area contributed by atoms with E-state index in [1.807, 2.05) is 4.90 Å². The Kier molecular flexibility index (Phi) is 4.58. The smallest absolute Gasteiger partial charge is 0.222 e. The molecule has 0 aromatic heterocycles. The number of hydrogen-bond acceptors (Lipinski definition) is 3. The Hall–Kier alpha value is -1.10. The van der Waals surface area contributed by atoms with E-state index >= 15 is 0 Å². The number of amides is 2. The summed E-state index contributed by atoms with van der Waals surface area (Å²) in [5.41, 5.74) is 0. The number of nitrogens with zero attached hydrogens (tertiary/aromatic N) is 1. The molecular weight excluding hydrogens is 230 g/mol. The van der Waals surface area contributed by atoms with Crippen LogP contribution in [0.3, 0.4) is 0 Å². The molecule has 0 aromatic rings. The minimum atomic E-state index is -0.00854. The molecule has 2 saturated heterocycles. The Morgan fingerprint density at radius 1 is 1.39 bits per heavy atom. The van der Waals surface area contributed by atoms with Crippen molar-refractivity contribution in [1.29, 1.82) is 0 Å². The normalized spacial score (nSPS) is 28.2. The molecule has 2 aliphatic heterocycles. The van der Waals surface area contributed by atoms with Crippen molar-refractivity contribution in [2.45, 2.75) is 38.6 Å². The monoisotopic (exact) mass is 253 g/mol. The Morgan fingerprint density at radius 2 is 2.22 bits per heavy atom. The van der Waals surface area contributed by atoms with Crippen LogP contribution in [0.1, 0.15) is 32.6 Å². The average Bonchev–Trinajstić information content (AvgIpc) is 2.78. The summed E-state index contributed by atoms with van der Waals surface area (Å²) in [5, 5.41) is 6.22. The van der Waals surface area contributed by atoms with Gasteiger partial charge in [0.2, 0.25) is 11.8 Å². The molecule has 18 heavy (non-hydrogen) atoms. The summed E-state index contributed by atoms with van der Waals surface area (Å²) in [4.78, 5) is 25.0. The van der Waals surface area contributed by atoms with E-state index < -0.39 is 0 Å². The number of likely N-dealkylation sites (tertiary alicyclic amines) is 1. The third-order valence-electron chi connectivity index (χ3n) is 3.81. The number of hydrogen-bond donors (Lipinski definition) is 2. The van der Waals surface area contributed by atoms with Gasteiger partial charge in [0.15, 0.2) is 0 Å². The molecule has 5 nitrogen and oxygen atoms in total. The molecule has 5 heteroatoms. The van der Waals surface area contributed by atoms with E-state index in [9.17, 15) is 9.59 Å². The summed E-state index contributed by atoms with van der Waals surface area (Å²) in [6, 6.07) is 0.149. The lowest BCUT2D eigenvalue weighted by Crippen LogP contribution is -2.39. The number of carbonyl (C=O) groups excluding carboxylic acids is 2. The van der Waals surface area contributed by atoms with Crippen LogP contribution in [-0.4, -0.2) is 48.9 Å². The summed E-state index contributed by atoms with van der Waals surface area (Å²) < 4.78 is 0. The number of nitrogens with one attached hydrogen (secondary N) is 2. The van der Waals surface area contributed by atoms with Gasteiger partial charge in [0.25, 0.3) is 0 Å². The van der Waals surface area contributed by atoms with Crippen LogP contribution < -0.4 is 10.6 Å². The zero-order chi connectivity index (χ0) is 13.0. The first-order valence-corrected chi connectivity index (χ1v) is 6.90. The highest BCUT2D eigenvalue weighted by Crippen LogP contribution is 2.18. The number of piperidine rings is 1. The number of rotatable bonds is 3. The van der Waals surface area contributed by atoms with Crippen molar-refractivity contribution in [2.24, 2.45) is 5.92 Å². The van der Waals surface area contributed by atoms with E-state index in [2.05, 4.69) is 10.6 Å². The van der Waals surface area contributed by atoms with Gasteiger partial charge in [-0.2, -0.15) is 0 Å². The Morgan fingerprint density at radius 3 is 2.89 bits per heavy atom. The molecule has 102 valence electrons. The zero-order valence-electron chi connectivity index (χ0n) is 11.1. The minimum Gasteiger partial charge on any atom is -0.352 e. The first-order chi connectivity index (χ1) is 8.65. The molecule has 2 fully saturated rings. The predicted octanol–water partition coefficient (Wildman–Crippen LogP) is 0.113. The maximum absolute atomic E-state index is 12.1. The maximum atomic E-state index is 12.1. The Balaban J connectivity index is 1.74. The van der Waals surface area contributed by atoms with Gasteiger partial charge in [-0.25, -0.2) is 0 Å². The molecule has 0 aromatic carbocycles. The zero-order valence-corrected chi connectivity index (χ0v) is 11.1. The van der Waals surface area contributed by atoms with E-state index in [1.54, 1.807) is 0 Å². The van der Waals surface area contributed by atoms with Gasteiger partial charge < -0.3 is 15.5 Å². The third kappa shape index (κ3) is 3.70. The van der Waals surface area contributed by atoms with Crippen LogP contribution in [0.4, 0.5) is 0 Å². The first-order valence-electron chi connectivity index (χ1n) is 6.90. The summed E-state index contributed by atoms with van der Waals surface area (Å²) in [5.74, 6) is 0.730. The van der Waals surface area contributed by atoms with Crippen LogP contribution >= 0.6 is 0 Å². The van der Waals surface area contributed by atoms with Gasteiger partial charge >= 0.3 is 0 Å². The third-order valence-corrected chi connectivity index (χ3v) is 3.81. The topological polar surface area (TPSA) is 61.4 Å². The second-order valence-corrected chi connectivity index (χ2v) is 5.44. The molecule has 2 unspecified atom stereocenters. The van der Waals surface area contributed by atoms with Gasteiger partial charge in [0, 0.05) is 32.5 Å². The lowest BCUT2D eigenvalue weighted by Gasteiger charge is -2.24. The average molecular weight is 253 g/mol. The molecule has 0 radical (unpaired) electrons. The highest BCUT2D eigenvalue weighted by atomic mass is 16.2. The maximum Gasteiger partial charge on any atom is 0.222 e. The fourth-order valence-electron chi connectivity index (χ4n) is 2.87. The van der Waals surface area contributed by atoms with Crippen LogP contribution in [0.15, 0.2) is 0 Å². The van der Waals surface area contributed by atoms with Crippen molar-refractivity contribution in [3.05, 3.63) is 0 Å². The standard InChI is InChI=1S/C13H23N3O2/c1-10(17)15-12-4-6-16(9-12)13(18)7-11-3-2-5-14-8-11/h11-12,14H,2-9H2,1H3,(H,15,17). The second kappa shape index (κ2) is 6.18. The van der Waals surface area contributed by atoms with Crippen molar-refractivity contribution in [1.82, 2.24) is 15.5 Å². The molecule has 2 rings (SSSR count). The summed E-state index contributed by atoms with van der Waals surface area (Å²) in [6.07, 6.45) is 3.86. The molecule has 2 atom stereocenters. The minimum absolute atomic E-state index is 0.00854. The summed E-state index contributed by atoms with van der Waals surface area (Å²) in [7, 11) is 0. The predicted molar refractivity (Wildman–Crippen MR) is 69.0 cm³/mol. The molecule has 2 heterocycles. The summed E-state index contributed by atoms with van der Waals surface area (Å²) in [6.45, 7) is 5.04. The summed E-state index contributed by atoms with van der Waals surface area (Å²) >= 11 is 0. The largest absolute Gasteiger partial charge is 0.352 e. The van der Waals surface area contributed by atoms with Crippen LogP contribution in [0.25, 0.3) is 0 Å². The van der Waals surface area contributed by atoms with Gasteiger partial charge in [0.05, 0.1) is 0 Å². The Labute approximate surface area is 108 Å². The van der Waals surface area contributed by atoms with Crippen LogP contribution in [0.2, 0.25) is 0 Å². The molecule has 2 amide bonds. The van der Waals surface area contributed by atoms with Crippen molar-refractivity contribution >= 4 is 11.8 Å². The van der Waals surface area contributed by atoms with Crippen molar-refractivity contribution < 1.29 is 9.59 Å². The molecule has 2 N–H and O–H groups in total. The van der Waals surface area contributed by atoms with Crippen LogP contribution in [0, 0.1) is 5.92 Å². The van der Waals surface area contributed by atoms with E-state index in [0.29, 0.717) is 18.9 Å². The fourth-order valence-corrected chi connectivity index (χ4v) is 2.87. The SMILES string of the molecule is CC(=O)NC1CCN(C(=O)CC2CCCNC2)C1. The van der Waals surface area contributed by atoms with Crippen molar-refractivity contribution in [2.75, 3.05) is 26.2 Å². The fraction of sp³-hybridized carbons (Fsp3) is 0.846. The van der Waals surface area contributed by atoms with Crippen molar-refractivity contribution in [3.8, 4) is 0 Å². The molecule has 0 saturated carbocycles. The van der Waals surface area contributed by atoms with E-state index in [4.69, 9.17) is 0 Å². The van der Waals surface area contributed by atoms with E-state index in [1.165, 1.54) is 13.3 Å². The van der Waals surface area contributed by atoms with Crippen molar-refractivity contribution in [3.63, 3.8) is 0 Å². The van der Waals surface area contributed by atoms with Crippen LogP contribution in [-0.2, 0) is 9.59 Å². The van der Waals surface area contributed by atoms with E-state index in [0.717, 1.165) is 32.5 Å². The van der Waals surface area contributed by atoms with Gasteiger partial charge in [-0.15, -0.1) is 0 Å². The molecule has 0 spiro atoms. The van der Waals surface area contributed by atoms with Gasteiger partial charge in [-0.1, -0.05) is 0 Å². The molecule has 0 aliphatic carbocycles. The van der Waals surface area contributed by atoms with Gasteiger partial charge in [0.1, 0.15) is 0 Å². The highest BCUT2D eigenvalue weighted by molar-refractivity contribution is 5.77. The second-order valence-electron chi connectivity index (χ2n) is 5.44. The lowest BCUT2D eigenvalue weighted by atomic mass is 9.96. The molecule has 2 aliphatic rings. The first kappa shape index (κ1) is 13.3. The van der Waals surface area contributed by atoms with Gasteiger partial charge in [-0.3, -0.25) is 9.59 Å².